The molecule has 0 saturated carbocycles. The highest BCUT2D eigenvalue weighted by Crippen LogP contribution is 2.32. The molecule has 1 atom stereocenters. The van der Waals surface area contributed by atoms with E-state index >= 15 is 0 Å². The molecule has 1 N–H and O–H groups in total. The Labute approximate surface area is 116 Å². The number of ketones is 1. The van der Waals surface area contributed by atoms with Gasteiger partial charge in [0.25, 0.3) is 0 Å². The SMILES string of the molecule is CCOC(=O)C1CNc2ccc3ccccc3c2C1=O. The van der Waals surface area contributed by atoms with Crippen molar-refractivity contribution in [2.24, 2.45) is 5.92 Å². The third-order valence-electron chi connectivity index (χ3n) is 3.56. The predicted octanol–water partition coefficient (Wildman–Crippen LogP) is 2.63. The average Bonchev–Trinajstić information content (AvgIpc) is 2.47. The average molecular weight is 269 g/mol. The van der Waals surface area contributed by atoms with Crippen molar-refractivity contribution >= 4 is 28.2 Å². The second kappa shape index (κ2) is 4.96. The Morgan fingerprint density at radius 3 is 2.90 bits per heavy atom. The van der Waals surface area contributed by atoms with Gasteiger partial charge >= 0.3 is 5.97 Å². The lowest BCUT2D eigenvalue weighted by Gasteiger charge is -2.24. The van der Waals surface area contributed by atoms with Gasteiger partial charge in [0.2, 0.25) is 0 Å². The van der Waals surface area contributed by atoms with Crippen molar-refractivity contribution in [3.05, 3.63) is 42.0 Å². The lowest BCUT2D eigenvalue weighted by atomic mass is 9.89. The number of rotatable bonds is 2. The molecule has 20 heavy (non-hydrogen) atoms. The third kappa shape index (κ3) is 1.93. The predicted molar refractivity (Wildman–Crippen MR) is 76.9 cm³/mol. The molecule has 0 fully saturated rings. The molecule has 2 aromatic rings. The number of esters is 1. The second-order valence-corrected chi connectivity index (χ2v) is 4.76. The summed E-state index contributed by atoms with van der Waals surface area (Å²) in [6.07, 6.45) is 0. The Hall–Kier alpha value is -2.36. The Balaban J connectivity index is 2.10. The molecular weight excluding hydrogens is 254 g/mol. The van der Waals surface area contributed by atoms with Gasteiger partial charge in [-0.05, 0) is 23.8 Å². The van der Waals surface area contributed by atoms with E-state index in [0.29, 0.717) is 12.1 Å². The number of fused-ring (bicyclic) bond motifs is 3. The molecule has 3 rings (SSSR count). The van der Waals surface area contributed by atoms with Crippen molar-refractivity contribution in [1.82, 2.24) is 0 Å². The van der Waals surface area contributed by atoms with Gasteiger partial charge in [0, 0.05) is 17.8 Å². The highest BCUT2D eigenvalue weighted by Gasteiger charge is 2.34. The molecule has 1 aliphatic rings. The Kier molecular flexibility index (Phi) is 3.14. The zero-order chi connectivity index (χ0) is 14.1. The minimum absolute atomic E-state index is 0.158. The van der Waals surface area contributed by atoms with E-state index in [4.69, 9.17) is 4.74 Å². The van der Waals surface area contributed by atoms with E-state index in [2.05, 4.69) is 5.32 Å². The zero-order valence-electron chi connectivity index (χ0n) is 11.2. The summed E-state index contributed by atoms with van der Waals surface area (Å²) >= 11 is 0. The molecule has 0 spiro atoms. The second-order valence-electron chi connectivity index (χ2n) is 4.76. The molecule has 4 heteroatoms. The summed E-state index contributed by atoms with van der Waals surface area (Å²) in [5.41, 5.74) is 1.38. The molecule has 0 bridgehead atoms. The Bertz CT molecular complexity index is 693. The molecule has 1 heterocycles. The zero-order valence-corrected chi connectivity index (χ0v) is 11.2. The van der Waals surface area contributed by atoms with Crippen LogP contribution < -0.4 is 5.32 Å². The van der Waals surface area contributed by atoms with Crippen molar-refractivity contribution < 1.29 is 14.3 Å². The van der Waals surface area contributed by atoms with Crippen molar-refractivity contribution in [2.45, 2.75) is 6.92 Å². The van der Waals surface area contributed by atoms with Gasteiger partial charge in [-0.2, -0.15) is 0 Å². The fraction of sp³-hybridized carbons (Fsp3) is 0.250. The monoisotopic (exact) mass is 269 g/mol. The van der Waals surface area contributed by atoms with E-state index in [1.54, 1.807) is 6.92 Å². The molecule has 2 aromatic carbocycles. The summed E-state index contributed by atoms with van der Waals surface area (Å²) in [5, 5.41) is 5.02. The van der Waals surface area contributed by atoms with E-state index in [1.165, 1.54) is 0 Å². The van der Waals surface area contributed by atoms with Gasteiger partial charge in [-0.15, -0.1) is 0 Å². The number of carbonyl (C=O) groups excluding carboxylic acids is 2. The number of carbonyl (C=O) groups is 2. The van der Waals surface area contributed by atoms with E-state index in [0.717, 1.165) is 16.5 Å². The van der Waals surface area contributed by atoms with Crippen LogP contribution in [-0.4, -0.2) is 24.9 Å². The summed E-state index contributed by atoms with van der Waals surface area (Å²) in [4.78, 5) is 24.5. The number of hydrogen-bond acceptors (Lipinski definition) is 4. The van der Waals surface area contributed by atoms with Crippen LogP contribution in [0, 0.1) is 5.92 Å². The van der Waals surface area contributed by atoms with Crippen molar-refractivity contribution in [3.8, 4) is 0 Å². The minimum atomic E-state index is -0.756. The van der Waals surface area contributed by atoms with Crippen molar-refractivity contribution in [1.29, 1.82) is 0 Å². The van der Waals surface area contributed by atoms with Gasteiger partial charge in [-0.25, -0.2) is 0 Å². The van der Waals surface area contributed by atoms with Crippen LogP contribution in [0.25, 0.3) is 10.8 Å². The van der Waals surface area contributed by atoms with Crippen molar-refractivity contribution in [2.75, 3.05) is 18.5 Å². The van der Waals surface area contributed by atoms with Crippen LogP contribution in [0.2, 0.25) is 0 Å². The maximum Gasteiger partial charge on any atom is 0.318 e. The molecule has 0 saturated heterocycles. The third-order valence-corrected chi connectivity index (χ3v) is 3.56. The van der Waals surface area contributed by atoms with E-state index in [-0.39, 0.29) is 12.4 Å². The Morgan fingerprint density at radius 2 is 2.10 bits per heavy atom. The van der Waals surface area contributed by atoms with Crippen molar-refractivity contribution in [3.63, 3.8) is 0 Å². The van der Waals surface area contributed by atoms with Gasteiger partial charge in [-0.3, -0.25) is 9.59 Å². The summed E-state index contributed by atoms with van der Waals surface area (Å²) in [6.45, 7) is 2.32. The summed E-state index contributed by atoms with van der Waals surface area (Å²) in [6, 6.07) is 11.5. The number of ether oxygens (including phenoxy) is 1. The largest absolute Gasteiger partial charge is 0.465 e. The van der Waals surface area contributed by atoms with Crippen LogP contribution in [0.3, 0.4) is 0 Å². The Morgan fingerprint density at radius 1 is 1.30 bits per heavy atom. The molecule has 4 nitrogen and oxygen atoms in total. The number of anilines is 1. The molecule has 0 aliphatic carbocycles. The normalized spacial score (nSPS) is 17.4. The summed E-state index contributed by atoms with van der Waals surface area (Å²) in [5.74, 6) is -1.37. The van der Waals surface area contributed by atoms with Crippen LogP contribution in [0.15, 0.2) is 36.4 Å². The maximum absolute atomic E-state index is 12.6. The highest BCUT2D eigenvalue weighted by molar-refractivity contribution is 6.20. The molecule has 0 amide bonds. The smallest absolute Gasteiger partial charge is 0.318 e. The van der Waals surface area contributed by atoms with Gasteiger partial charge in [0.1, 0.15) is 5.92 Å². The molecule has 102 valence electrons. The standard InChI is InChI=1S/C16H15NO3/c1-2-20-16(19)12-9-17-13-8-7-10-5-3-4-6-11(10)14(13)15(12)18/h3-8,12,17H,2,9H2,1H3. The van der Waals surface area contributed by atoms with E-state index < -0.39 is 11.9 Å². The quantitative estimate of drug-likeness (QED) is 0.672. The number of nitrogens with one attached hydrogen (secondary N) is 1. The molecule has 0 aromatic heterocycles. The first-order valence-corrected chi connectivity index (χ1v) is 6.69. The first kappa shape index (κ1) is 12.7. The van der Waals surface area contributed by atoms with Gasteiger partial charge in [0.05, 0.1) is 6.61 Å². The summed E-state index contributed by atoms with van der Waals surface area (Å²) in [7, 11) is 0. The van der Waals surface area contributed by atoms with Gasteiger partial charge in [0.15, 0.2) is 5.78 Å². The first-order valence-electron chi connectivity index (χ1n) is 6.69. The van der Waals surface area contributed by atoms with Gasteiger partial charge in [-0.1, -0.05) is 30.3 Å². The lowest BCUT2D eigenvalue weighted by molar-refractivity contribution is -0.145. The molecule has 1 unspecified atom stereocenters. The number of Topliss-reactive ketones (excluding diaryl/α,β-unsaturated/α-hetero) is 1. The van der Waals surface area contributed by atoms with Crippen LogP contribution in [0.4, 0.5) is 5.69 Å². The van der Waals surface area contributed by atoms with E-state index in [1.807, 2.05) is 36.4 Å². The minimum Gasteiger partial charge on any atom is -0.465 e. The molecule has 0 radical (unpaired) electrons. The topological polar surface area (TPSA) is 55.4 Å². The number of benzene rings is 2. The lowest BCUT2D eigenvalue weighted by Crippen LogP contribution is -2.36. The van der Waals surface area contributed by atoms with Gasteiger partial charge < -0.3 is 10.1 Å². The van der Waals surface area contributed by atoms with Crippen LogP contribution in [0.1, 0.15) is 17.3 Å². The highest BCUT2D eigenvalue weighted by atomic mass is 16.5. The molecular formula is C16H15NO3. The summed E-state index contributed by atoms with van der Waals surface area (Å²) < 4.78 is 4.98. The molecule has 1 aliphatic heterocycles. The maximum atomic E-state index is 12.6. The van der Waals surface area contributed by atoms with Crippen LogP contribution in [-0.2, 0) is 9.53 Å². The fourth-order valence-corrected chi connectivity index (χ4v) is 2.60. The number of hydrogen-bond donors (Lipinski definition) is 1. The first-order chi connectivity index (χ1) is 9.72. The fourth-order valence-electron chi connectivity index (χ4n) is 2.60. The van der Waals surface area contributed by atoms with Crippen LogP contribution >= 0.6 is 0 Å². The van der Waals surface area contributed by atoms with E-state index in [9.17, 15) is 9.59 Å². The van der Waals surface area contributed by atoms with Crippen LogP contribution in [0.5, 0.6) is 0 Å².